The number of nitrogens with zero attached hydrogens (tertiary/aromatic N) is 1. The van der Waals surface area contributed by atoms with Crippen molar-refractivity contribution in [3.63, 3.8) is 0 Å². The van der Waals surface area contributed by atoms with Gasteiger partial charge in [-0.2, -0.15) is 5.26 Å². The Bertz CT molecular complexity index is 650. The maximum Gasteiger partial charge on any atom is 0.223 e. The topological polar surface area (TPSA) is 62.1 Å². The van der Waals surface area contributed by atoms with E-state index in [1.807, 2.05) is 18.2 Å². The third-order valence-electron chi connectivity index (χ3n) is 5.19. The van der Waals surface area contributed by atoms with E-state index in [1.165, 1.54) is 0 Å². The van der Waals surface area contributed by atoms with Crippen LogP contribution in [-0.4, -0.2) is 19.1 Å². The summed E-state index contributed by atoms with van der Waals surface area (Å²) in [5, 5.41) is 12.1. The lowest BCUT2D eigenvalue weighted by molar-refractivity contribution is -0.155. The van der Waals surface area contributed by atoms with Gasteiger partial charge in [-0.3, -0.25) is 4.79 Å². The zero-order valence-electron chi connectivity index (χ0n) is 14.1. The number of nitriles is 1. The number of hydrogen-bond donors (Lipinski definition) is 1. The Hall–Kier alpha value is -1.86. The van der Waals surface area contributed by atoms with Gasteiger partial charge in [0.05, 0.1) is 24.8 Å². The summed E-state index contributed by atoms with van der Waals surface area (Å²) in [4.78, 5) is 12.4. The second kappa shape index (κ2) is 5.65. The molecule has 1 amide bonds. The number of nitrogens with one attached hydrogen (secondary N) is 1. The number of ether oxygens (including phenoxy) is 1. The third kappa shape index (κ3) is 3.11. The van der Waals surface area contributed by atoms with Crippen LogP contribution in [0, 0.1) is 28.6 Å². The SMILES string of the molecule is CC(C)(C)[C@@H]1C[C@H]1C(=O)NC[C@@]1(c2cccc(C#N)c2)CCO1. The lowest BCUT2D eigenvalue weighted by Crippen LogP contribution is -2.50. The summed E-state index contributed by atoms with van der Waals surface area (Å²) in [6.07, 6.45) is 1.85. The van der Waals surface area contributed by atoms with Crippen molar-refractivity contribution in [1.29, 1.82) is 5.26 Å². The number of rotatable bonds is 4. The van der Waals surface area contributed by atoms with Gasteiger partial charge in [0, 0.05) is 12.3 Å². The van der Waals surface area contributed by atoms with E-state index < -0.39 is 5.60 Å². The molecule has 0 spiro atoms. The molecule has 1 aromatic rings. The van der Waals surface area contributed by atoms with Crippen LogP contribution in [0.15, 0.2) is 24.3 Å². The minimum atomic E-state index is -0.464. The van der Waals surface area contributed by atoms with Crippen molar-refractivity contribution >= 4 is 5.91 Å². The molecule has 1 aliphatic heterocycles. The van der Waals surface area contributed by atoms with Gasteiger partial charge in [0.1, 0.15) is 5.60 Å². The molecule has 122 valence electrons. The molecule has 4 nitrogen and oxygen atoms in total. The average molecular weight is 312 g/mol. The minimum Gasteiger partial charge on any atom is -0.368 e. The highest BCUT2D eigenvalue weighted by atomic mass is 16.5. The van der Waals surface area contributed by atoms with Crippen LogP contribution in [0.2, 0.25) is 0 Å². The van der Waals surface area contributed by atoms with Crippen LogP contribution < -0.4 is 5.32 Å². The van der Waals surface area contributed by atoms with Gasteiger partial charge in [-0.1, -0.05) is 32.9 Å². The predicted molar refractivity (Wildman–Crippen MR) is 87.5 cm³/mol. The van der Waals surface area contributed by atoms with E-state index in [1.54, 1.807) is 6.07 Å². The summed E-state index contributed by atoms with van der Waals surface area (Å²) in [7, 11) is 0. The van der Waals surface area contributed by atoms with Crippen molar-refractivity contribution in [2.75, 3.05) is 13.2 Å². The summed E-state index contributed by atoms with van der Waals surface area (Å²) in [6, 6.07) is 9.65. The molecule has 0 bridgehead atoms. The Morgan fingerprint density at radius 1 is 1.48 bits per heavy atom. The maximum atomic E-state index is 12.4. The van der Waals surface area contributed by atoms with Crippen LogP contribution in [-0.2, 0) is 15.1 Å². The van der Waals surface area contributed by atoms with Gasteiger partial charge in [-0.25, -0.2) is 0 Å². The maximum absolute atomic E-state index is 12.4. The summed E-state index contributed by atoms with van der Waals surface area (Å²) in [5.74, 6) is 0.747. The van der Waals surface area contributed by atoms with Crippen LogP contribution in [0.25, 0.3) is 0 Å². The van der Waals surface area contributed by atoms with Gasteiger partial charge in [-0.05, 0) is 35.4 Å². The van der Waals surface area contributed by atoms with Crippen molar-refractivity contribution in [3.8, 4) is 6.07 Å². The summed E-state index contributed by atoms with van der Waals surface area (Å²) in [5.41, 5.74) is 1.33. The van der Waals surface area contributed by atoms with E-state index in [-0.39, 0.29) is 17.2 Å². The van der Waals surface area contributed by atoms with Gasteiger partial charge in [0.15, 0.2) is 0 Å². The fourth-order valence-electron chi connectivity index (χ4n) is 3.49. The molecule has 1 aliphatic carbocycles. The molecule has 2 aliphatic rings. The molecule has 0 radical (unpaired) electrons. The molecule has 23 heavy (non-hydrogen) atoms. The first-order chi connectivity index (χ1) is 10.9. The molecule has 1 heterocycles. The fourth-order valence-corrected chi connectivity index (χ4v) is 3.49. The molecule has 3 atom stereocenters. The third-order valence-corrected chi connectivity index (χ3v) is 5.19. The van der Waals surface area contributed by atoms with E-state index in [9.17, 15) is 4.79 Å². The Labute approximate surface area is 137 Å². The van der Waals surface area contributed by atoms with Crippen molar-refractivity contribution in [2.24, 2.45) is 17.3 Å². The predicted octanol–water partition coefficient (Wildman–Crippen LogP) is 2.97. The van der Waals surface area contributed by atoms with Gasteiger partial charge in [0.2, 0.25) is 5.91 Å². The Kier molecular flexibility index (Phi) is 3.93. The fraction of sp³-hybridized carbons (Fsp3) is 0.579. The van der Waals surface area contributed by atoms with E-state index in [0.717, 1.165) is 18.4 Å². The zero-order chi connectivity index (χ0) is 16.7. The molecule has 0 unspecified atom stereocenters. The normalized spacial score (nSPS) is 29.3. The smallest absolute Gasteiger partial charge is 0.223 e. The zero-order valence-corrected chi connectivity index (χ0v) is 14.1. The summed E-state index contributed by atoms with van der Waals surface area (Å²) < 4.78 is 5.82. The van der Waals surface area contributed by atoms with E-state index >= 15 is 0 Å². The molecule has 3 rings (SSSR count). The number of carbonyl (C=O) groups is 1. The van der Waals surface area contributed by atoms with E-state index in [2.05, 4.69) is 32.2 Å². The first-order valence-corrected chi connectivity index (χ1v) is 8.28. The van der Waals surface area contributed by atoms with Crippen molar-refractivity contribution < 1.29 is 9.53 Å². The molecule has 1 saturated carbocycles. The van der Waals surface area contributed by atoms with Crippen LogP contribution in [0.4, 0.5) is 0 Å². The lowest BCUT2D eigenvalue weighted by atomic mass is 9.85. The second-order valence-corrected chi connectivity index (χ2v) is 7.82. The molecule has 0 aromatic heterocycles. The summed E-state index contributed by atoms with van der Waals surface area (Å²) >= 11 is 0. The van der Waals surface area contributed by atoms with Gasteiger partial charge in [-0.15, -0.1) is 0 Å². The van der Waals surface area contributed by atoms with Crippen LogP contribution in [0.5, 0.6) is 0 Å². The first-order valence-electron chi connectivity index (χ1n) is 8.28. The standard InChI is InChI=1S/C19H24N2O2/c1-18(2,3)16-10-15(16)17(22)21-12-19(7-8-23-19)14-6-4-5-13(9-14)11-20/h4-6,9,15-16H,7-8,10,12H2,1-3H3,(H,21,22)/t15-,16-,19-/m1/s1. The average Bonchev–Trinajstić information content (AvgIpc) is 3.26. The van der Waals surface area contributed by atoms with E-state index in [4.69, 9.17) is 10.00 Å². The highest BCUT2D eigenvalue weighted by Gasteiger charge is 2.50. The molecule has 4 heteroatoms. The lowest BCUT2D eigenvalue weighted by Gasteiger charge is -2.42. The molecule has 1 saturated heterocycles. The number of amides is 1. The molecular weight excluding hydrogens is 288 g/mol. The Morgan fingerprint density at radius 2 is 2.22 bits per heavy atom. The minimum absolute atomic E-state index is 0.135. The number of hydrogen-bond acceptors (Lipinski definition) is 3. The molecule has 1 aromatic carbocycles. The molecular formula is C19H24N2O2. The molecule has 2 fully saturated rings. The van der Waals surface area contributed by atoms with Crippen molar-refractivity contribution in [2.45, 2.75) is 39.2 Å². The van der Waals surface area contributed by atoms with Crippen molar-refractivity contribution in [1.82, 2.24) is 5.32 Å². The van der Waals surface area contributed by atoms with E-state index in [0.29, 0.717) is 24.6 Å². The molecule has 1 N–H and O–H groups in total. The van der Waals surface area contributed by atoms with Crippen LogP contribution >= 0.6 is 0 Å². The Balaban J connectivity index is 1.64. The van der Waals surface area contributed by atoms with Gasteiger partial charge >= 0.3 is 0 Å². The van der Waals surface area contributed by atoms with Crippen LogP contribution in [0.1, 0.15) is 44.7 Å². The summed E-state index contributed by atoms with van der Waals surface area (Å²) in [6.45, 7) is 7.74. The highest BCUT2D eigenvalue weighted by Crippen LogP contribution is 2.50. The monoisotopic (exact) mass is 312 g/mol. The number of carbonyl (C=O) groups excluding carboxylic acids is 1. The first kappa shape index (κ1) is 16.0. The van der Waals surface area contributed by atoms with Crippen LogP contribution in [0.3, 0.4) is 0 Å². The Morgan fingerprint density at radius 3 is 2.74 bits per heavy atom. The largest absolute Gasteiger partial charge is 0.368 e. The second-order valence-electron chi connectivity index (χ2n) is 7.82. The van der Waals surface area contributed by atoms with Gasteiger partial charge in [0.25, 0.3) is 0 Å². The quantitative estimate of drug-likeness (QED) is 0.929. The van der Waals surface area contributed by atoms with Crippen molar-refractivity contribution in [3.05, 3.63) is 35.4 Å². The highest BCUT2D eigenvalue weighted by molar-refractivity contribution is 5.81. The van der Waals surface area contributed by atoms with Gasteiger partial charge < -0.3 is 10.1 Å². The number of benzene rings is 1.